The fourth-order valence-electron chi connectivity index (χ4n) is 1.91. The lowest BCUT2D eigenvalue weighted by Crippen LogP contribution is -2.32. The van der Waals surface area contributed by atoms with E-state index in [0.29, 0.717) is 17.5 Å². The van der Waals surface area contributed by atoms with Gasteiger partial charge in [-0.15, -0.1) is 0 Å². The van der Waals surface area contributed by atoms with Crippen molar-refractivity contribution in [2.24, 2.45) is 11.3 Å². The fourth-order valence-corrected chi connectivity index (χ4v) is 1.91. The van der Waals surface area contributed by atoms with Crippen molar-refractivity contribution in [2.75, 3.05) is 5.32 Å². The number of Topliss-reactive ketones (excluding diaryl/α,β-unsaturated/α-hetero) is 2. The van der Waals surface area contributed by atoms with Gasteiger partial charge in [-0.2, -0.15) is 5.26 Å². The summed E-state index contributed by atoms with van der Waals surface area (Å²) in [4.78, 5) is 46.1. The minimum atomic E-state index is -1.19. The maximum atomic E-state index is 12.0. The Labute approximate surface area is 134 Å². The molecule has 0 fully saturated rings. The molecular formula is C17H18N2O4. The third-order valence-corrected chi connectivity index (χ3v) is 3.29. The molecule has 1 rings (SSSR count). The van der Waals surface area contributed by atoms with Crippen LogP contribution < -0.4 is 5.32 Å². The minimum Gasteiger partial charge on any atom is -0.319 e. The summed E-state index contributed by atoms with van der Waals surface area (Å²) in [5.41, 5.74) is -0.0314. The van der Waals surface area contributed by atoms with E-state index < -0.39 is 23.0 Å². The van der Waals surface area contributed by atoms with E-state index >= 15 is 0 Å². The van der Waals surface area contributed by atoms with Gasteiger partial charge in [0.05, 0.1) is 6.07 Å². The highest BCUT2D eigenvalue weighted by atomic mass is 16.2. The van der Waals surface area contributed by atoms with Gasteiger partial charge in [0.2, 0.25) is 5.78 Å². The zero-order valence-corrected chi connectivity index (χ0v) is 13.3. The van der Waals surface area contributed by atoms with Crippen LogP contribution in [0.25, 0.3) is 0 Å². The summed E-state index contributed by atoms with van der Waals surface area (Å²) in [5, 5.41) is 11.5. The number of nitriles is 1. The van der Waals surface area contributed by atoms with Crippen LogP contribution in [0.5, 0.6) is 0 Å². The largest absolute Gasteiger partial charge is 0.319 e. The SMILES string of the molecule is CC(=O)c1ccc(NC(=O)C(=O)C(C#N)CC(C)(C)C=O)cc1. The summed E-state index contributed by atoms with van der Waals surface area (Å²) in [6.45, 7) is 4.61. The smallest absolute Gasteiger partial charge is 0.293 e. The highest BCUT2D eigenvalue weighted by molar-refractivity contribution is 6.41. The second-order valence-corrected chi connectivity index (χ2v) is 5.94. The molecule has 0 aliphatic heterocycles. The molecule has 0 spiro atoms. The topological polar surface area (TPSA) is 104 Å². The van der Waals surface area contributed by atoms with Gasteiger partial charge in [0, 0.05) is 16.7 Å². The standard InChI is InChI=1S/C17H18N2O4/c1-11(21)12-4-6-14(7-5-12)19-16(23)15(22)13(9-18)8-17(2,3)10-20/h4-7,10,13H,8H2,1-3H3,(H,19,23). The van der Waals surface area contributed by atoms with Crippen LogP contribution in [0.2, 0.25) is 0 Å². The summed E-state index contributed by atoms with van der Waals surface area (Å²) >= 11 is 0. The Hall–Kier alpha value is -2.81. The van der Waals surface area contributed by atoms with Crippen LogP contribution in [-0.4, -0.2) is 23.8 Å². The summed E-state index contributed by atoms with van der Waals surface area (Å²) in [6, 6.07) is 7.82. The van der Waals surface area contributed by atoms with Gasteiger partial charge in [0.1, 0.15) is 12.2 Å². The Kier molecular flexibility index (Phi) is 5.91. The molecule has 1 amide bonds. The maximum Gasteiger partial charge on any atom is 0.293 e. The van der Waals surface area contributed by atoms with Crippen LogP contribution in [0.15, 0.2) is 24.3 Å². The van der Waals surface area contributed by atoms with Crippen LogP contribution in [0.3, 0.4) is 0 Å². The number of rotatable bonds is 7. The average molecular weight is 314 g/mol. The molecular weight excluding hydrogens is 296 g/mol. The normalized spacial score (nSPS) is 11.9. The summed E-state index contributed by atoms with van der Waals surface area (Å²) in [6.07, 6.45) is 0.630. The summed E-state index contributed by atoms with van der Waals surface area (Å²) < 4.78 is 0. The third kappa shape index (κ3) is 5.15. The van der Waals surface area contributed by atoms with Crippen molar-refractivity contribution in [2.45, 2.75) is 27.2 Å². The molecule has 0 saturated heterocycles. The van der Waals surface area contributed by atoms with Gasteiger partial charge < -0.3 is 10.1 Å². The maximum absolute atomic E-state index is 12.0. The number of aldehydes is 1. The third-order valence-electron chi connectivity index (χ3n) is 3.29. The van der Waals surface area contributed by atoms with Crippen LogP contribution in [0.1, 0.15) is 37.6 Å². The first-order chi connectivity index (χ1) is 10.7. The monoisotopic (exact) mass is 314 g/mol. The number of amides is 1. The molecule has 0 saturated carbocycles. The zero-order chi connectivity index (χ0) is 17.6. The minimum absolute atomic E-state index is 0.0253. The van der Waals surface area contributed by atoms with Crippen molar-refractivity contribution < 1.29 is 19.2 Å². The highest BCUT2D eigenvalue weighted by Crippen LogP contribution is 2.23. The molecule has 120 valence electrons. The number of anilines is 1. The van der Waals surface area contributed by atoms with Gasteiger partial charge in [-0.25, -0.2) is 0 Å². The molecule has 1 atom stereocenters. The van der Waals surface area contributed by atoms with E-state index in [9.17, 15) is 19.2 Å². The van der Waals surface area contributed by atoms with E-state index in [2.05, 4.69) is 5.32 Å². The average Bonchev–Trinajstić information content (AvgIpc) is 2.52. The second-order valence-electron chi connectivity index (χ2n) is 5.94. The van der Waals surface area contributed by atoms with E-state index in [0.717, 1.165) is 0 Å². The number of carbonyl (C=O) groups excluding carboxylic acids is 4. The molecule has 0 heterocycles. The van der Waals surface area contributed by atoms with Crippen LogP contribution >= 0.6 is 0 Å². The lowest BCUT2D eigenvalue weighted by atomic mass is 9.83. The van der Waals surface area contributed by atoms with E-state index in [4.69, 9.17) is 5.26 Å². The van der Waals surface area contributed by atoms with E-state index in [-0.39, 0.29) is 12.2 Å². The number of hydrogen-bond donors (Lipinski definition) is 1. The molecule has 6 nitrogen and oxygen atoms in total. The predicted molar refractivity (Wildman–Crippen MR) is 83.6 cm³/mol. The van der Waals surface area contributed by atoms with Gasteiger partial charge in [-0.05, 0) is 37.6 Å². The molecule has 1 aromatic carbocycles. The summed E-state index contributed by atoms with van der Waals surface area (Å²) in [7, 11) is 0. The summed E-state index contributed by atoms with van der Waals surface area (Å²) in [5.74, 6) is -3.11. The molecule has 6 heteroatoms. The van der Waals surface area contributed by atoms with Gasteiger partial charge in [0.25, 0.3) is 5.91 Å². The first-order valence-electron chi connectivity index (χ1n) is 7.02. The Morgan fingerprint density at radius 3 is 2.26 bits per heavy atom. The predicted octanol–water partition coefficient (Wildman–Crippen LogP) is 2.15. The molecule has 0 aliphatic rings. The number of ketones is 2. The van der Waals surface area contributed by atoms with E-state index in [1.165, 1.54) is 31.2 Å². The molecule has 0 aromatic heterocycles. The fraction of sp³-hybridized carbons (Fsp3) is 0.353. The van der Waals surface area contributed by atoms with E-state index in [1.54, 1.807) is 19.9 Å². The number of nitrogens with zero attached hydrogens (tertiary/aromatic N) is 1. The second kappa shape index (κ2) is 7.45. The number of benzene rings is 1. The molecule has 0 aliphatic carbocycles. The number of carbonyl (C=O) groups is 4. The Balaban J connectivity index is 2.79. The van der Waals surface area contributed by atoms with Crippen molar-refractivity contribution >= 4 is 29.4 Å². The van der Waals surface area contributed by atoms with Gasteiger partial charge in [-0.1, -0.05) is 13.8 Å². The van der Waals surface area contributed by atoms with Crippen LogP contribution in [0.4, 0.5) is 5.69 Å². The van der Waals surface area contributed by atoms with E-state index in [1.807, 2.05) is 0 Å². The van der Waals surface area contributed by atoms with Crippen molar-refractivity contribution in [3.8, 4) is 6.07 Å². The zero-order valence-electron chi connectivity index (χ0n) is 13.3. The molecule has 23 heavy (non-hydrogen) atoms. The van der Waals surface area contributed by atoms with Gasteiger partial charge >= 0.3 is 0 Å². The lowest BCUT2D eigenvalue weighted by molar-refractivity contribution is -0.137. The first-order valence-corrected chi connectivity index (χ1v) is 7.02. The molecule has 1 N–H and O–H groups in total. The Morgan fingerprint density at radius 1 is 1.26 bits per heavy atom. The first kappa shape index (κ1) is 18.2. The number of hydrogen-bond acceptors (Lipinski definition) is 5. The van der Waals surface area contributed by atoms with Gasteiger partial charge in [-0.3, -0.25) is 14.4 Å². The quantitative estimate of drug-likeness (QED) is 0.472. The molecule has 0 radical (unpaired) electrons. The molecule has 0 bridgehead atoms. The van der Waals surface area contributed by atoms with Crippen LogP contribution in [0, 0.1) is 22.7 Å². The molecule has 1 aromatic rings. The van der Waals surface area contributed by atoms with Gasteiger partial charge in [0.15, 0.2) is 5.78 Å². The Bertz CT molecular complexity index is 669. The van der Waals surface area contributed by atoms with Crippen molar-refractivity contribution in [3.63, 3.8) is 0 Å². The van der Waals surface area contributed by atoms with Crippen LogP contribution in [-0.2, 0) is 14.4 Å². The van der Waals surface area contributed by atoms with Crippen molar-refractivity contribution in [3.05, 3.63) is 29.8 Å². The lowest BCUT2D eigenvalue weighted by Gasteiger charge is -2.19. The Morgan fingerprint density at radius 2 is 1.83 bits per heavy atom. The molecule has 1 unspecified atom stereocenters. The number of nitrogens with one attached hydrogen (secondary N) is 1. The van der Waals surface area contributed by atoms with Crippen molar-refractivity contribution in [1.82, 2.24) is 0 Å². The highest BCUT2D eigenvalue weighted by Gasteiger charge is 2.31. The van der Waals surface area contributed by atoms with Crippen molar-refractivity contribution in [1.29, 1.82) is 5.26 Å².